The van der Waals surface area contributed by atoms with Gasteiger partial charge in [0, 0.05) is 0 Å². The van der Waals surface area contributed by atoms with Gasteiger partial charge in [-0.2, -0.15) is 0 Å². The molecular formula is C11H15BrO3. The van der Waals surface area contributed by atoms with Crippen molar-refractivity contribution in [2.45, 2.75) is 19.4 Å². The summed E-state index contributed by atoms with van der Waals surface area (Å²) in [6, 6.07) is 5.53. The summed E-state index contributed by atoms with van der Waals surface area (Å²) in [5, 5.41) is 9.55. The number of hydrogen-bond donors (Lipinski definition) is 1. The van der Waals surface area contributed by atoms with Gasteiger partial charge in [-0.1, -0.05) is 6.07 Å². The Hall–Kier alpha value is -0.740. The molecule has 1 N–H and O–H groups in total. The number of rotatable bonds is 4. The van der Waals surface area contributed by atoms with Crippen LogP contribution in [0.4, 0.5) is 0 Å². The van der Waals surface area contributed by atoms with Gasteiger partial charge in [0.1, 0.15) is 6.61 Å². The third-order valence-electron chi connectivity index (χ3n) is 1.72. The first-order chi connectivity index (χ1) is 6.94. The second-order valence-electron chi connectivity index (χ2n) is 3.87. The largest absolute Gasteiger partial charge is 0.493 e. The molecule has 0 aliphatic carbocycles. The van der Waals surface area contributed by atoms with E-state index in [-0.39, 0.29) is 6.61 Å². The van der Waals surface area contributed by atoms with Gasteiger partial charge in [-0.25, -0.2) is 0 Å². The Labute approximate surface area is 98.1 Å². The van der Waals surface area contributed by atoms with Crippen molar-refractivity contribution in [3.8, 4) is 11.5 Å². The Kier molecular flexibility index (Phi) is 3.99. The summed E-state index contributed by atoms with van der Waals surface area (Å²) in [6.07, 6.45) is 0. The number of methoxy groups -OCH3 is 1. The fourth-order valence-corrected chi connectivity index (χ4v) is 1.50. The molecule has 0 bridgehead atoms. The maximum Gasteiger partial charge on any atom is 0.175 e. The average molecular weight is 275 g/mol. The third kappa shape index (κ3) is 3.72. The molecule has 0 heterocycles. The Bertz CT molecular complexity index is 331. The van der Waals surface area contributed by atoms with Gasteiger partial charge in [-0.05, 0) is 41.9 Å². The number of hydrogen-bond acceptors (Lipinski definition) is 3. The van der Waals surface area contributed by atoms with Gasteiger partial charge in [0.2, 0.25) is 0 Å². The second-order valence-corrected chi connectivity index (χ2v) is 4.73. The van der Waals surface area contributed by atoms with Gasteiger partial charge in [0.05, 0.1) is 17.2 Å². The molecule has 4 heteroatoms. The highest BCUT2D eigenvalue weighted by atomic mass is 79.9. The molecule has 1 aromatic carbocycles. The zero-order chi connectivity index (χ0) is 11.5. The van der Waals surface area contributed by atoms with Gasteiger partial charge in [-0.3, -0.25) is 0 Å². The molecule has 0 spiro atoms. The SMILES string of the molecule is COc1cccc(Br)c1OCC(C)(C)O. The molecule has 0 saturated heterocycles. The zero-order valence-electron chi connectivity index (χ0n) is 9.08. The van der Waals surface area contributed by atoms with Crippen molar-refractivity contribution in [1.82, 2.24) is 0 Å². The quantitative estimate of drug-likeness (QED) is 0.918. The van der Waals surface area contributed by atoms with Gasteiger partial charge in [0.15, 0.2) is 11.5 Å². The summed E-state index contributed by atoms with van der Waals surface area (Å²) >= 11 is 3.37. The molecule has 15 heavy (non-hydrogen) atoms. The van der Waals surface area contributed by atoms with Crippen molar-refractivity contribution in [2.24, 2.45) is 0 Å². The van der Waals surface area contributed by atoms with Crippen LogP contribution in [0.15, 0.2) is 22.7 Å². The van der Waals surface area contributed by atoms with Crippen LogP contribution < -0.4 is 9.47 Å². The molecular weight excluding hydrogens is 260 g/mol. The molecule has 1 aromatic rings. The van der Waals surface area contributed by atoms with E-state index in [0.717, 1.165) is 4.47 Å². The standard InChI is InChI=1S/C11H15BrO3/c1-11(2,13)7-15-10-8(12)5-4-6-9(10)14-3/h4-6,13H,7H2,1-3H3. The first kappa shape index (κ1) is 12.3. The van der Waals surface area contributed by atoms with E-state index < -0.39 is 5.60 Å². The Balaban J connectivity index is 2.83. The number of ether oxygens (including phenoxy) is 2. The molecule has 0 aromatic heterocycles. The van der Waals surface area contributed by atoms with E-state index in [1.807, 2.05) is 18.2 Å². The van der Waals surface area contributed by atoms with Gasteiger partial charge in [-0.15, -0.1) is 0 Å². The minimum atomic E-state index is -0.861. The predicted octanol–water partition coefficient (Wildman–Crippen LogP) is 2.61. The maximum absolute atomic E-state index is 9.55. The molecule has 0 aliphatic rings. The van der Waals surface area contributed by atoms with Crippen LogP contribution in [0.25, 0.3) is 0 Å². The van der Waals surface area contributed by atoms with Crippen molar-refractivity contribution < 1.29 is 14.6 Å². The Morgan fingerprint density at radius 2 is 2.07 bits per heavy atom. The monoisotopic (exact) mass is 274 g/mol. The van der Waals surface area contributed by atoms with E-state index >= 15 is 0 Å². The molecule has 84 valence electrons. The van der Waals surface area contributed by atoms with Crippen molar-refractivity contribution >= 4 is 15.9 Å². The molecule has 0 unspecified atom stereocenters. The number of aliphatic hydroxyl groups is 1. The topological polar surface area (TPSA) is 38.7 Å². The van der Waals surface area contributed by atoms with Crippen LogP contribution in [0.2, 0.25) is 0 Å². The van der Waals surface area contributed by atoms with Crippen LogP contribution >= 0.6 is 15.9 Å². The number of halogens is 1. The molecule has 0 aliphatic heterocycles. The van der Waals surface area contributed by atoms with E-state index in [1.54, 1.807) is 21.0 Å². The Morgan fingerprint density at radius 1 is 1.40 bits per heavy atom. The summed E-state index contributed by atoms with van der Waals surface area (Å²) in [7, 11) is 1.58. The highest BCUT2D eigenvalue weighted by Gasteiger charge is 2.16. The van der Waals surface area contributed by atoms with Gasteiger partial charge in [0.25, 0.3) is 0 Å². The summed E-state index contributed by atoms with van der Waals surface area (Å²) in [6.45, 7) is 3.60. The Morgan fingerprint density at radius 3 is 2.60 bits per heavy atom. The molecule has 3 nitrogen and oxygen atoms in total. The van der Waals surface area contributed by atoms with E-state index in [1.165, 1.54) is 0 Å². The highest BCUT2D eigenvalue weighted by Crippen LogP contribution is 2.35. The maximum atomic E-state index is 9.55. The van der Waals surface area contributed by atoms with Crippen molar-refractivity contribution in [1.29, 1.82) is 0 Å². The summed E-state index contributed by atoms with van der Waals surface area (Å²) in [5.74, 6) is 1.26. The smallest absolute Gasteiger partial charge is 0.175 e. The normalized spacial score (nSPS) is 11.3. The molecule has 0 saturated carbocycles. The van der Waals surface area contributed by atoms with Crippen molar-refractivity contribution in [2.75, 3.05) is 13.7 Å². The lowest BCUT2D eigenvalue weighted by atomic mass is 10.2. The van der Waals surface area contributed by atoms with Crippen LogP contribution in [0.3, 0.4) is 0 Å². The minimum Gasteiger partial charge on any atom is -0.493 e. The number of benzene rings is 1. The van der Waals surface area contributed by atoms with Crippen molar-refractivity contribution in [3.63, 3.8) is 0 Å². The summed E-state index contributed by atoms with van der Waals surface area (Å²) in [5.41, 5.74) is -0.861. The molecule has 0 amide bonds. The lowest BCUT2D eigenvalue weighted by Gasteiger charge is -2.19. The van der Waals surface area contributed by atoms with Crippen LogP contribution in [-0.4, -0.2) is 24.4 Å². The molecule has 0 fully saturated rings. The fourth-order valence-electron chi connectivity index (χ4n) is 1.04. The van der Waals surface area contributed by atoms with E-state index in [9.17, 15) is 5.11 Å². The lowest BCUT2D eigenvalue weighted by Crippen LogP contribution is -2.28. The third-order valence-corrected chi connectivity index (χ3v) is 2.34. The van der Waals surface area contributed by atoms with Gasteiger partial charge >= 0.3 is 0 Å². The number of para-hydroxylation sites is 1. The van der Waals surface area contributed by atoms with Gasteiger partial charge < -0.3 is 14.6 Å². The highest BCUT2D eigenvalue weighted by molar-refractivity contribution is 9.10. The lowest BCUT2D eigenvalue weighted by molar-refractivity contribution is 0.0273. The van der Waals surface area contributed by atoms with Crippen LogP contribution in [-0.2, 0) is 0 Å². The fraction of sp³-hybridized carbons (Fsp3) is 0.455. The molecule has 0 radical (unpaired) electrons. The molecule has 0 atom stereocenters. The average Bonchev–Trinajstić information content (AvgIpc) is 2.14. The first-order valence-electron chi connectivity index (χ1n) is 4.62. The van der Waals surface area contributed by atoms with Crippen LogP contribution in [0, 0.1) is 0 Å². The van der Waals surface area contributed by atoms with E-state index in [4.69, 9.17) is 9.47 Å². The summed E-state index contributed by atoms with van der Waals surface area (Å²) < 4.78 is 11.5. The summed E-state index contributed by atoms with van der Waals surface area (Å²) in [4.78, 5) is 0. The first-order valence-corrected chi connectivity index (χ1v) is 5.41. The molecule has 1 rings (SSSR count). The van der Waals surface area contributed by atoms with Crippen LogP contribution in [0.1, 0.15) is 13.8 Å². The zero-order valence-corrected chi connectivity index (χ0v) is 10.7. The van der Waals surface area contributed by atoms with Crippen molar-refractivity contribution in [3.05, 3.63) is 22.7 Å². The van der Waals surface area contributed by atoms with E-state index in [2.05, 4.69) is 15.9 Å². The van der Waals surface area contributed by atoms with E-state index in [0.29, 0.717) is 11.5 Å². The predicted molar refractivity (Wildman–Crippen MR) is 62.5 cm³/mol. The van der Waals surface area contributed by atoms with Crippen LogP contribution in [0.5, 0.6) is 11.5 Å². The second kappa shape index (κ2) is 4.86. The minimum absolute atomic E-state index is 0.214.